The number of hydrogen-bond donors (Lipinski definition) is 1. The molecule has 0 radical (unpaired) electrons. The second-order valence-corrected chi connectivity index (χ2v) is 3.10. The summed E-state index contributed by atoms with van der Waals surface area (Å²) in [5, 5.41) is 0. The number of benzene rings is 1. The fourth-order valence-corrected chi connectivity index (χ4v) is 1.13. The molecule has 0 amide bonds. The first-order chi connectivity index (χ1) is 5.74. The van der Waals surface area contributed by atoms with E-state index < -0.39 is 0 Å². The summed E-state index contributed by atoms with van der Waals surface area (Å²) < 4.78 is 0. The molecule has 0 bridgehead atoms. The van der Waals surface area contributed by atoms with Crippen molar-refractivity contribution >= 4 is 18.1 Å². The summed E-state index contributed by atoms with van der Waals surface area (Å²) in [7, 11) is 4.08. The third-order valence-corrected chi connectivity index (χ3v) is 1.89. The van der Waals surface area contributed by atoms with Gasteiger partial charge in [-0.2, -0.15) is 0 Å². The lowest BCUT2D eigenvalue weighted by Crippen LogP contribution is -2.08. The van der Waals surface area contributed by atoms with Crippen molar-refractivity contribution in [1.82, 2.24) is 0 Å². The lowest BCUT2D eigenvalue weighted by Gasteiger charge is -2.12. The summed E-state index contributed by atoms with van der Waals surface area (Å²) >= 11 is 0. The highest BCUT2D eigenvalue weighted by atomic mass is 35.5. The highest BCUT2D eigenvalue weighted by Crippen LogP contribution is 2.11. The van der Waals surface area contributed by atoms with Gasteiger partial charge in [0.25, 0.3) is 0 Å². The number of halogens is 1. The van der Waals surface area contributed by atoms with Crippen LogP contribution in [0.5, 0.6) is 0 Å². The molecular weight excluding hydrogens is 184 g/mol. The van der Waals surface area contributed by atoms with E-state index in [-0.39, 0.29) is 12.4 Å². The van der Waals surface area contributed by atoms with Gasteiger partial charge in [-0.1, -0.05) is 12.1 Å². The van der Waals surface area contributed by atoms with Crippen LogP contribution >= 0.6 is 12.4 Å². The van der Waals surface area contributed by atoms with Crippen LogP contribution in [0.2, 0.25) is 0 Å². The Hall–Kier alpha value is -0.730. The first-order valence-corrected chi connectivity index (χ1v) is 4.20. The summed E-state index contributed by atoms with van der Waals surface area (Å²) in [6.45, 7) is 0.724. The smallest absolute Gasteiger partial charge is 0.0361 e. The lowest BCUT2D eigenvalue weighted by molar-refractivity contribution is 0.967. The van der Waals surface area contributed by atoms with E-state index in [0.29, 0.717) is 0 Å². The first kappa shape index (κ1) is 12.3. The third kappa shape index (κ3) is 3.66. The zero-order valence-corrected chi connectivity index (χ0v) is 8.97. The molecule has 1 aromatic carbocycles. The van der Waals surface area contributed by atoms with Crippen LogP contribution in [0.4, 0.5) is 5.69 Å². The van der Waals surface area contributed by atoms with Gasteiger partial charge < -0.3 is 10.6 Å². The summed E-state index contributed by atoms with van der Waals surface area (Å²) in [5.74, 6) is 0. The van der Waals surface area contributed by atoms with Gasteiger partial charge >= 0.3 is 0 Å². The van der Waals surface area contributed by atoms with Crippen LogP contribution in [0.25, 0.3) is 0 Å². The predicted octanol–water partition coefficient (Wildman–Crippen LogP) is 1.68. The van der Waals surface area contributed by atoms with Gasteiger partial charge in [-0.3, -0.25) is 0 Å². The number of rotatable bonds is 3. The maximum Gasteiger partial charge on any atom is 0.0361 e. The van der Waals surface area contributed by atoms with E-state index in [1.807, 2.05) is 14.1 Å². The maximum atomic E-state index is 5.45. The van der Waals surface area contributed by atoms with Gasteiger partial charge in [0.15, 0.2) is 0 Å². The molecule has 0 spiro atoms. The van der Waals surface area contributed by atoms with Crippen molar-refractivity contribution in [2.24, 2.45) is 5.73 Å². The van der Waals surface area contributed by atoms with E-state index in [0.717, 1.165) is 13.0 Å². The largest absolute Gasteiger partial charge is 0.378 e. The molecule has 0 heterocycles. The van der Waals surface area contributed by atoms with E-state index in [9.17, 15) is 0 Å². The second kappa shape index (κ2) is 5.84. The topological polar surface area (TPSA) is 29.3 Å². The van der Waals surface area contributed by atoms with Crippen LogP contribution in [-0.2, 0) is 6.42 Å². The Morgan fingerprint density at radius 3 is 2.08 bits per heavy atom. The third-order valence-electron chi connectivity index (χ3n) is 1.89. The molecule has 0 aliphatic heterocycles. The quantitative estimate of drug-likeness (QED) is 0.805. The van der Waals surface area contributed by atoms with E-state index in [1.165, 1.54) is 11.3 Å². The van der Waals surface area contributed by atoms with Gasteiger partial charge in [-0.15, -0.1) is 12.4 Å². The molecule has 74 valence electrons. The standard InChI is InChI=1S/C10H16N2.ClH/c1-12(2)10-5-3-9(4-6-10)7-8-11;/h3-6H,7-8,11H2,1-2H3;1H. The Bertz CT molecular complexity index is 231. The summed E-state index contributed by atoms with van der Waals surface area (Å²) in [4.78, 5) is 2.09. The average Bonchev–Trinajstić information content (AvgIpc) is 2.06. The number of nitrogens with two attached hydrogens (primary N) is 1. The van der Waals surface area contributed by atoms with Gasteiger partial charge in [-0.25, -0.2) is 0 Å². The van der Waals surface area contributed by atoms with Crippen molar-refractivity contribution in [2.75, 3.05) is 25.5 Å². The molecule has 13 heavy (non-hydrogen) atoms. The van der Waals surface area contributed by atoms with Gasteiger partial charge in [0.05, 0.1) is 0 Å². The van der Waals surface area contributed by atoms with Crippen molar-refractivity contribution in [3.63, 3.8) is 0 Å². The van der Waals surface area contributed by atoms with Gasteiger partial charge in [0.1, 0.15) is 0 Å². The minimum absolute atomic E-state index is 0. The highest BCUT2D eigenvalue weighted by Gasteiger charge is 1.94. The molecule has 0 fully saturated rings. The lowest BCUT2D eigenvalue weighted by atomic mass is 10.1. The van der Waals surface area contributed by atoms with Crippen molar-refractivity contribution in [1.29, 1.82) is 0 Å². The molecule has 0 aliphatic carbocycles. The summed E-state index contributed by atoms with van der Waals surface area (Å²) in [6.07, 6.45) is 0.966. The fraction of sp³-hybridized carbons (Fsp3) is 0.400. The molecular formula is C10H17ClN2. The van der Waals surface area contributed by atoms with Gasteiger partial charge in [0.2, 0.25) is 0 Å². The molecule has 0 unspecified atom stereocenters. The zero-order chi connectivity index (χ0) is 8.97. The Kier molecular flexibility index (Phi) is 5.51. The average molecular weight is 201 g/mol. The number of nitrogens with zero attached hydrogens (tertiary/aromatic N) is 1. The molecule has 1 aromatic rings. The minimum Gasteiger partial charge on any atom is -0.378 e. The Balaban J connectivity index is 0.00000144. The minimum atomic E-state index is 0. The van der Waals surface area contributed by atoms with Crippen LogP contribution < -0.4 is 10.6 Å². The van der Waals surface area contributed by atoms with Gasteiger partial charge in [-0.05, 0) is 30.7 Å². The zero-order valence-electron chi connectivity index (χ0n) is 8.16. The van der Waals surface area contributed by atoms with E-state index in [2.05, 4.69) is 29.2 Å². The van der Waals surface area contributed by atoms with E-state index in [1.54, 1.807) is 0 Å². The van der Waals surface area contributed by atoms with Gasteiger partial charge in [0, 0.05) is 19.8 Å². The van der Waals surface area contributed by atoms with Crippen LogP contribution in [0.1, 0.15) is 5.56 Å². The molecule has 0 aromatic heterocycles. The van der Waals surface area contributed by atoms with Crippen molar-refractivity contribution in [2.45, 2.75) is 6.42 Å². The molecule has 0 saturated heterocycles. The summed E-state index contributed by atoms with van der Waals surface area (Å²) in [5.41, 5.74) is 7.99. The van der Waals surface area contributed by atoms with Crippen LogP contribution in [0.15, 0.2) is 24.3 Å². The Labute approximate surface area is 86.1 Å². The first-order valence-electron chi connectivity index (χ1n) is 4.20. The fourth-order valence-electron chi connectivity index (χ4n) is 1.13. The monoisotopic (exact) mass is 200 g/mol. The summed E-state index contributed by atoms with van der Waals surface area (Å²) in [6, 6.07) is 8.49. The molecule has 0 saturated carbocycles. The SMILES string of the molecule is CN(C)c1ccc(CCN)cc1.Cl. The van der Waals surface area contributed by atoms with Crippen LogP contribution in [-0.4, -0.2) is 20.6 Å². The van der Waals surface area contributed by atoms with Crippen molar-refractivity contribution in [3.05, 3.63) is 29.8 Å². The molecule has 2 N–H and O–H groups in total. The molecule has 0 aliphatic rings. The van der Waals surface area contributed by atoms with Crippen molar-refractivity contribution < 1.29 is 0 Å². The van der Waals surface area contributed by atoms with Crippen LogP contribution in [0.3, 0.4) is 0 Å². The molecule has 2 nitrogen and oxygen atoms in total. The molecule has 1 rings (SSSR count). The number of hydrogen-bond acceptors (Lipinski definition) is 2. The normalized spacial score (nSPS) is 9.15. The van der Waals surface area contributed by atoms with E-state index >= 15 is 0 Å². The molecule has 3 heteroatoms. The second-order valence-electron chi connectivity index (χ2n) is 3.10. The predicted molar refractivity (Wildman–Crippen MR) is 60.8 cm³/mol. The van der Waals surface area contributed by atoms with E-state index in [4.69, 9.17) is 5.73 Å². The number of anilines is 1. The molecule has 0 atom stereocenters. The maximum absolute atomic E-state index is 5.45. The highest BCUT2D eigenvalue weighted by molar-refractivity contribution is 5.85. The van der Waals surface area contributed by atoms with Crippen LogP contribution in [0, 0.1) is 0 Å². The Morgan fingerprint density at radius 2 is 1.69 bits per heavy atom. The van der Waals surface area contributed by atoms with Crippen molar-refractivity contribution in [3.8, 4) is 0 Å². The Morgan fingerprint density at radius 1 is 1.15 bits per heavy atom.